The average Bonchev–Trinajstić information content (AvgIpc) is 2.63. The molecule has 0 aromatic carbocycles. The molecule has 0 radical (unpaired) electrons. The van der Waals surface area contributed by atoms with E-state index in [2.05, 4.69) is 31.0 Å². The Labute approximate surface area is 114 Å². The van der Waals surface area contributed by atoms with E-state index in [1.165, 1.54) is 64.6 Å². The Morgan fingerprint density at radius 1 is 1.11 bits per heavy atom. The van der Waals surface area contributed by atoms with Crippen LogP contribution in [0.4, 0.5) is 0 Å². The van der Waals surface area contributed by atoms with Crippen LogP contribution in [0, 0.1) is 5.92 Å². The lowest BCUT2D eigenvalue weighted by atomic mass is 9.87. The highest BCUT2D eigenvalue weighted by atomic mass is 15.2. The van der Waals surface area contributed by atoms with Crippen molar-refractivity contribution in [1.29, 1.82) is 0 Å². The third kappa shape index (κ3) is 3.08. The molecule has 2 aliphatic rings. The highest BCUT2D eigenvalue weighted by Gasteiger charge is 2.36. The lowest BCUT2D eigenvalue weighted by Gasteiger charge is -2.47. The van der Waals surface area contributed by atoms with E-state index in [1.54, 1.807) is 0 Å². The van der Waals surface area contributed by atoms with Crippen LogP contribution in [0.3, 0.4) is 0 Å². The number of piperazine rings is 1. The van der Waals surface area contributed by atoms with Crippen LogP contribution in [-0.4, -0.2) is 36.1 Å². The largest absolute Gasteiger partial charge is 0.309 e. The van der Waals surface area contributed by atoms with Gasteiger partial charge >= 0.3 is 0 Å². The van der Waals surface area contributed by atoms with Gasteiger partial charge in [0.05, 0.1) is 0 Å². The summed E-state index contributed by atoms with van der Waals surface area (Å²) in [6.45, 7) is 10.9. The first-order valence-corrected chi connectivity index (χ1v) is 8.20. The second-order valence-corrected chi connectivity index (χ2v) is 6.57. The lowest BCUT2D eigenvalue weighted by Crippen LogP contribution is -2.62. The Morgan fingerprint density at radius 2 is 1.83 bits per heavy atom. The summed E-state index contributed by atoms with van der Waals surface area (Å²) in [5.41, 5.74) is 0.393. The molecular weight excluding hydrogens is 220 g/mol. The van der Waals surface area contributed by atoms with Gasteiger partial charge < -0.3 is 5.32 Å². The van der Waals surface area contributed by atoms with Crippen molar-refractivity contribution in [2.75, 3.05) is 19.6 Å². The molecule has 0 aromatic rings. The zero-order valence-electron chi connectivity index (χ0n) is 12.7. The van der Waals surface area contributed by atoms with E-state index in [1.807, 2.05) is 0 Å². The van der Waals surface area contributed by atoms with E-state index >= 15 is 0 Å². The van der Waals surface area contributed by atoms with Crippen molar-refractivity contribution in [1.82, 2.24) is 10.2 Å². The third-order valence-electron chi connectivity index (χ3n) is 5.54. The minimum atomic E-state index is 0.393. The molecule has 0 amide bonds. The molecule has 18 heavy (non-hydrogen) atoms. The molecule has 2 heteroatoms. The summed E-state index contributed by atoms with van der Waals surface area (Å²) in [7, 11) is 0. The SMILES string of the molecule is CCC1(CC)CN(C2CCCCCC2C)CCN1. The van der Waals surface area contributed by atoms with Crippen molar-refractivity contribution in [3.05, 3.63) is 0 Å². The fourth-order valence-corrected chi connectivity index (χ4v) is 4.01. The van der Waals surface area contributed by atoms with Crippen LogP contribution in [0.15, 0.2) is 0 Å². The van der Waals surface area contributed by atoms with Gasteiger partial charge in [0.1, 0.15) is 0 Å². The van der Waals surface area contributed by atoms with Gasteiger partial charge in [0, 0.05) is 31.2 Å². The summed E-state index contributed by atoms with van der Waals surface area (Å²) in [4.78, 5) is 2.82. The number of hydrogen-bond acceptors (Lipinski definition) is 2. The van der Waals surface area contributed by atoms with E-state index in [4.69, 9.17) is 0 Å². The number of hydrogen-bond donors (Lipinski definition) is 1. The van der Waals surface area contributed by atoms with Crippen molar-refractivity contribution in [2.24, 2.45) is 5.92 Å². The molecule has 1 aliphatic heterocycles. The monoisotopic (exact) mass is 252 g/mol. The van der Waals surface area contributed by atoms with Gasteiger partial charge in [-0.05, 0) is 31.6 Å². The highest BCUT2D eigenvalue weighted by Crippen LogP contribution is 2.30. The first-order valence-electron chi connectivity index (χ1n) is 8.20. The second-order valence-electron chi connectivity index (χ2n) is 6.57. The van der Waals surface area contributed by atoms with Crippen LogP contribution in [0.25, 0.3) is 0 Å². The van der Waals surface area contributed by atoms with Crippen LogP contribution in [0.5, 0.6) is 0 Å². The minimum absolute atomic E-state index is 0.393. The molecular formula is C16H32N2. The van der Waals surface area contributed by atoms with E-state index in [-0.39, 0.29) is 0 Å². The minimum Gasteiger partial charge on any atom is -0.309 e. The standard InChI is InChI=1S/C16H32N2/c1-4-16(5-2)13-18(12-11-17-16)15-10-8-6-7-9-14(15)3/h14-15,17H,4-13H2,1-3H3. The zero-order valence-corrected chi connectivity index (χ0v) is 12.7. The molecule has 2 rings (SSSR count). The molecule has 0 aromatic heterocycles. The molecule has 1 heterocycles. The molecule has 1 saturated carbocycles. The molecule has 0 bridgehead atoms. The molecule has 2 unspecified atom stereocenters. The van der Waals surface area contributed by atoms with Gasteiger partial charge in [0.15, 0.2) is 0 Å². The summed E-state index contributed by atoms with van der Waals surface area (Å²) >= 11 is 0. The fourth-order valence-electron chi connectivity index (χ4n) is 4.01. The van der Waals surface area contributed by atoms with Crippen molar-refractivity contribution < 1.29 is 0 Å². The topological polar surface area (TPSA) is 15.3 Å². The van der Waals surface area contributed by atoms with E-state index in [0.29, 0.717) is 5.54 Å². The van der Waals surface area contributed by atoms with Gasteiger partial charge in [-0.2, -0.15) is 0 Å². The normalized spacial score (nSPS) is 34.2. The first-order chi connectivity index (χ1) is 8.71. The van der Waals surface area contributed by atoms with Gasteiger partial charge in [-0.1, -0.05) is 40.0 Å². The Kier molecular flexibility index (Phi) is 5.08. The number of rotatable bonds is 3. The van der Waals surface area contributed by atoms with Gasteiger partial charge in [-0.25, -0.2) is 0 Å². The molecule has 1 saturated heterocycles. The highest BCUT2D eigenvalue weighted by molar-refractivity contribution is 4.95. The molecule has 106 valence electrons. The number of nitrogens with zero attached hydrogens (tertiary/aromatic N) is 1. The quantitative estimate of drug-likeness (QED) is 0.774. The Balaban J connectivity index is 2.02. The van der Waals surface area contributed by atoms with Crippen LogP contribution in [0.2, 0.25) is 0 Å². The second kappa shape index (κ2) is 6.38. The van der Waals surface area contributed by atoms with Crippen LogP contribution >= 0.6 is 0 Å². The molecule has 2 fully saturated rings. The Hall–Kier alpha value is -0.0800. The summed E-state index contributed by atoms with van der Waals surface area (Å²) in [5.74, 6) is 0.900. The first kappa shape index (κ1) is 14.3. The van der Waals surface area contributed by atoms with Crippen molar-refractivity contribution >= 4 is 0 Å². The molecule has 1 N–H and O–H groups in total. The lowest BCUT2D eigenvalue weighted by molar-refractivity contribution is 0.0592. The predicted octanol–water partition coefficient (Wildman–Crippen LogP) is 3.42. The smallest absolute Gasteiger partial charge is 0.0304 e. The third-order valence-corrected chi connectivity index (χ3v) is 5.54. The van der Waals surface area contributed by atoms with Gasteiger partial charge in [0.25, 0.3) is 0 Å². The molecule has 2 atom stereocenters. The maximum absolute atomic E-state index is 3.79. The van der Waals surface area contributed by atoms with Crippen LogP contribution < -0.4 is 5.32 Å². The summed E-state index contributed by atoms with van der Waals surface area (Å²) < 4.78 is 0. The maximum Gasteiger partial charge on any atom is 0.0304 e. The van der Waals surface area contributed by atoms with Gasteiger partial charge in [-0.3, -0.25) is 4.90 Å². The van der Waals surface area contributed by atoms with E-state index < -0.39 is 0 Å². The maximum atomic E-state index is 3.79. The van der Waals surface area contributed by atoms with Crippen molar-refractivity contribution in [3.63, 3.8) is 0 Å². The fraction of sp³-hybridized carbons (Fsp3) is 1.00. The van der Waals surface area contributed by atoms with Gasteiger partial charge in [-0.15, -0.1) is 0 Å². The molecule has 1 aliphatic carbocycles. The van der Waals surface area contributed by atoms with E-state index in [9.17, 15) is 0 Å². The van der Waals surface area contributed by atoms with Crippen LogP contribution in [-0.2, 0) is 0 Å². The van der Waals surface area contributed by atoms with Crippen LogP contribution in [0.1, 0.15) is 65.7 Å². The predicted molar refractivity (Wildman–Crippen MR) is 78.9 cm³/mol. The summed E-state index contributed by atoms with van der Waals surface area (Å²) in [5, 5.41) is 3.79. The summed E-state index contributed by atoms with van der Waals surface area (Å²) in [6, 6.07) is 0.854. The Bertz CT molecular complexity index is 247. The molecule has 0 spiro atoms. The zero-order chi connectivity index (χ0) is 13.0. The number of nitrogens with one attached hydrogen (secondary N) is 1. The molecule has 2 nitrogen and oxygen atoms in total. The average molecular weight is 252 g/mol. The Morgan fingerprint density at radius 3 is 2.56 bits per heavy atom. The van der Waals surface area contributed by atoms with E-state index in [0.717, 1.165) is 12.0 Å². The van der Waals surface area contributed by atoms with Crippen molar-refractivity contribution in [2.45, 2.75) is 77.3 Å². The van der Waals surface area contributed by atoms with Crippen molar-refractivity contribution in [3.8, 4) is 0 Å². The summed E-state index contributed by atoms with van der Waals surface area (Å²) in [6.07, 6.45) is 9.77. The van der Waals surface area contributed by atoms with Gasteiger partial charge in [0.2, 0.25) is 0 Å².